The number of aromatic nitrogens is 1. The highest BCUT2D eigenvalue weighted by Crippen LogP contribution is 2.50. The lowest BCUT2D eigenvalue weighted by Crippen LogP contribution is -2.53. The fourth-order valence-corrected chi connectivity index (χ4v) is 5.04. The number of nitrogens with one attached hydrogen (secondary N) is 1. The second kappa shape index (κ2) is 5.76. The van der Waals surface area contributed by atoms with E-state index >= 15 is 0 Å². The maximum atomic E-state index is 5.00. The standard InChI is InChI=1S/C17H30N2S/c1-12(2)13-11-20-15(19-13)17(18-6)10-8-7-9-14(17)16(3,4)5/h11-12,14,18H,7-10H2,1-6H3. The molecule has 0 aliphatic heterocycles. The van der Waals surface area contributed by atoms with Gasteiger partial charge in [-0.1, -0.05) is 47.5 Å². The summed E-state index contributed by atoms with van der Waals surface area (Å²) in [5, 5.41) is 7.26. The van der Waals surface area contributed by atoms with Gasteiger partial charge in [-0.3, -0.25) is 0 Å². The van der Waals surface area contributed by atoms with E-state index in [4.69, 9.17) is 4.98 Å². The molecule has 2 nitrogen and oxygen atoms in total. The summed E-state index contributed by atoms with van der Waals surface area (Å²) in [5.41, 5.74) is 1.64. The van der Waals surface area contributed by atoms with Gasteiger partial charge in [0, 0.05) is 5.38 Å². The maximum Gasteiger partial charge on any atom is 0.113 e. The van der Waals surface area contributed by atoms with E-state index in [1.165, 1.54) is 36.4 Å². The molecule has 20 heavy (non-hydrogen) atoms. The first-order valence-electron chi connectivity index (χ1n) is 7.96. The molecule has 0 radical (unpaired) electrons. The lowest BCUT2D eigenvalue weighted by Gasteiger charge is -2.49. The lowest BCUT2D eigenvalue weighted by molar-refractivity contribution is 0.0535. The van der Waals surface area contributed by atoms with Crippen LogP contribution in [0.1, 0.15) is 76.9 Å². The molecule has 2 atom stereocenters. The lowest BCUT2D eigenvalue weighted by atomic mass is 9.62. The van der Waals surface area contributed by atoms with Gasteiger partial charge in [-0.15, -0.1) is 11.3 Å². The summed E-state index contributed by atoms with van der Waals surface area (Å²) in [6.07, 6.45) is 5.19. The van der Waals surface area contributed by atoms with E-state index in [9.17, 15) is 0 Å². The Morgan fingerprint density at radius 1 is 1.35 bits per heavy atom. The third-order valence-corrected chi connectivity index (χ3v) is 5.93. The van der Waals surface area contributed by atoms with Crippen LogP contribution in [0, 0.1) is 11.3 Å². The Morgan fingerprint density at radius 2 is 2.05 bits per heavy atom. The molecular formula is C17H30N2S. The Hall–Kier alpha value is -0.410. The van der Waals surface area contributed by atoms with Gasteiger partial charge in [-0.25, -0.2) is 4.98 Å². The molecule has 2 rings (SSSR count). The first-order chi connectivity index (χ1) is 9.31. The van der Waals surface area contributed by atoms with Gasteiger partial charge in [0.15, 0.2) is 0 Å². The SMILES string of the molecule is CNC1(c2nc(C(C)C)cs2)CCCCC1C(C)(C)C. The van der Waals surface area contributed by atoms with Gasteiger partial charge in [0.2, 0.25) is 0 Å². The zero-order valence-corrected chi connectivity index (χ0v) is 14.7. The van der Waals surface area contributed by atoms with Gasteiger partial charge in [-0.2, -0.15) is 0 Å². The molecule has 1 N–H and O–H groups in total. The molecule has 1 heterocycles. The highest BCUT2D eigenvalue weighted by molar-refractivity contribution is 7.09. The maximum absolute atomic E-state index is 5.00. The quantitative estimate of drug-likeness (QED) is 0.856. The van der Waals surface area contributed by atoms with Gasteiger partial charge in [0.1, 0.15) is 5.01 Å². The molecule has 0 spiro atoms. The van der Waals surface area contributed by atoms with Crippen molar-refractivity contribution in [3.8, 4) is 0 Å². The monoisotopic (exact) mass is 294 g/mol. The molecule has 0 aromatic carbocycles. The zero-order chi connectivity index (χ0) is 15.0. The minimum atomic E-state index is 0.0777. The largest absolute Gasteiger partial charge is 0.308 e. The number of hydrogen-bond donors (Lipinski definition) is 1. The molecule has 2 unspecified atom stereocenters. The average Bonchev–Trinajstić information content (AvgIpc) is 2.87. The Kier molecular flexibility index (Phi) is 4.60. The number of nitrogens with zero attached hydrogens (tertiary/aromatic N) is 1. The van der Waals surface area contributed by atoms with Gasteiger partial charge < -0.3 is 5.32 Å². The molecule has 1 saturated carbocycles. The molecule has 0 saturated heterocycles. The molecule has 1 aliphatic rings. The number of rotatable bonds is 3. The molecule has 0 amide bonds. The number of hydrogen-bond acceptors (Lipinski definition) is 3. The first-order valence-corrected chi connectivity index (χ1v) is 8.84. The van der Waals surface area contributed by atoms with Crippen LogP contribution in [-0.4, -0.2) is 12.0 Å². The molecule has 1 aromatic rings. The van der Waals surface area contributed by atoms with Crippen LogP contribution in [0.2, 0.25) is 0 Å². The fraction of sp³-hybridized carbons (Fsp3) is 0.824. The van der Waals surface area contributed by atoms with E-state index in [0.717, 1.165) is 0 Å². The van der Waals surface area contributed by atoms with Crippen molar-refractivity contribution < 1.29 is 0 Å². The summed E-state index contributed by atoms with van der Waals surface area (Å²) in [5.74, 6) is 1.17. The van der Waals surface area contributed by atoms with E-state index in [1.807, 2.05) is 11.3 Å². The molecule has 1 aliphatic carbocycles. The van der Waals surface area contributed by atoms with Gasteiger partial charge >= 0.3 is 0 Å². The normalized spacial score (nSPS) is 28.1. The molecular weight excluding hydrogens is 264 g/mol. The molecule has 3 heteroatoms. The summed E-state index contributed by atoms with van der Waals surface area (Å²) in [4.78, 5) is 5.00. The van der Waals surface area contributed by atoms with Crippen LogP contribution < -0.4 is 5.32 Å². The fourth-order valence-electron chi connectivity index (χ4n) is 3.76. The van der Waals surface area contributed by atoms with E-state index < -0.39 is 0 Å². The summed E-state index contributed by atoms with van der Waals surface area (Å²) < 4.78 is 0. The Morgan fingerprint density at radius 3 is 2.55 bits per heavy atom. The smallest absolute Gasteiger partial charge is 0.113 e. The van der Waals surface area contributed by atoms with Crippen LogP contribution in [-0.2, 0) is 5.54 Å². The highest BCUT2D eigenvalue weighted by atomic mass is 32.1. The second-order valence-corrected chi connectivity index (χ2v) is 8.48. The molecule has 114 valence electrons. The first kappa shape index (κ1) is 16.0. The topological polar surface area (TPSA) is 24.9 Å². The highest BCUT2D eigenvalue weighted by Gasteiger charge is 2.48. The van der Waals surface area contributed by atoms with Gasteiger partial charge in [-0.05, 0) is 37.1 Å². The van der Waals surface area contributed by atoms with Crippen LogP contribution in [0.5, 0.6) is 0 Å². The van der Waals surface area contributed by atoms with Crippen molar-refractivity contribution in [1.82, 2.24) is 10.3 Å². The summed E-state index contributed by atoms with van der Waals surface area (Å²) >= 11 is 1.85. The van der Waals surface area contributed by atoms with E-state index in [0.29, 0.717) is 17.3 Å². The van der Waals surface area contributed by atoms with Crippen molar-refractivity contribution in [2.75, 3.05) is 7.05 Å². The summed E-state index contributed by atoms with van der Waals surface area (Å²) in [7, 11) is 2.13. The van der Waals surface area contributed by atoms with E-state index in [1.54, 1.807) is 0 Å². The second-order valence-electron chi connectivity index (χ2n) is 7.62. The van der Waals surface area contributed by atoms with Gasteiger partial charge in [0.25, 0.3) is 0 Å². The summed E-state index contributed by atoms with van der Waals surface area (Å²) in [6.45, 7) is 11.6. The van der Waals surface area contributed by atoms with Crippen LogP contribution in [0.15, 0.2) is 5.38 Å². The molecule has 0 bridgehead atoms. The van der Waals surface area contributed by atoms with Crippen molar-refractivity contribution >= 4 is 11.3 Å². The molecule has 1 aromatic heterocycles. The predicted octanol–water partition coefficient (Wildman–Crippen LogP) is 4.92. The Labute approximate surface area is 128 Å². The van der Waals surface area contributed by atoms with Crippen molar-refractivity contribution in [1.29, 1.82) is 0 Å². The van der Waals surface area contributed by atoms with E-state index in [2.05, 4.69) is 52.4 Å². The van der Waals surface area contributed by atoms with Crippen LogP contribution >= 0.6 is 11.3 Å². The minimum Gasteiger partial charge on any atom is -0.308 e. The van der Waals surface area contributed by atoms with Crippen molar-refractivity contribution in [3.05, 3.63) is 16.1 Å². The van der Waals surface area contributed by atoms with Crippen molar-refractivity contribution in [3.63, 3.8) is 0 Å². The van der Waals surface area contributed by atoms with Crippen LogP contribution in [0.4, 0.5) is 0 Å². The Bertz CT molecular complexity index is 444. The third kappa shape index (κ3) is 2.80. The predicted molar refractivity (Wildman–Crippen MR) is 88.4 cm³/mol. The Balaban J connectivity index is 2.43. The molecule has 1 fully saturated rings. The van der Waals surface area contributed by atoms with Crippen LogP contribution in [0.25, 0.3) is 0 Å². The van der Waals surface area contributed by atoms with Crippen molar-refractivity contribution in [2.45, 2.75) is 71.8 Å². The zero-order valence-electron chi connectivity index (χ0n) is 13.9. The van der Waals surface area contributed by atoms with Gasteiger partial charge in [0.05, 0.1) is 11.2 Å². The van der Waals surface area contributed by atoms with Crippen LogP contribution in [0.3, 0.4) is 0 Å². The van der Waals surface area contributed by atoms with E-state index in [-0.39, 0.29) is 5.54 Å². The minimum absolute atomic E-state index is 0.0777. The third-order valence-electron chi connectivity index (χ3n) is 4.90. The summed E-state index contributed by atoms with van der Waals surface area (Å²) in [6, 6.07) is 0. The van der Waals surface area contributed by atoms with Crippen molar-refractivity contribution in [2.24, 2.45) is 11.3 Å². The average molecular weight is 295 g/mol. The number of thiazole rings is 1.